The lowest BCUT2D eigenvalue weighted by atomic mass is 9.99. The van der Waals surface area contributed by atoms with Crippen LogP contribution in [0.5, 0.6) is 0 Å². The number of alkyl halides is 3. The zero-order valence-electron chi connectivity index (χ0n) is 10.8. The minimum atomic E-state index is -4.46. The van der Waals surface area contributed by atoms with Gasteiger partial charge in [0.05, 0.1) is 16.1 Å². The number of benzene rings is 1. The fourth-order valence-electron chi connectivity index (χ4n) is 2.04. The average molecular weight is 304 g/mol. The highest BCUT2D eigenvalue weighted by atomic mass is 35.5. The first-order valence-electron chi connectivity index (χ1n) is 5.92. The molecule has 1 heterocycles. The number of nitrogens with one attached hydrogen (secondary N) is 1. The second-order valence-electron chi connectivity index (χ2n) is 4.71. The van der Waals surface area contributed by atoms with E-state index in [0.717, 1.165) is 6.07 Å². The van der Waals surface area contributed by atoms with E-state index in [0.29, 0.717) is 11.4 Å². The maximum atomic E-state index is 13.1. The van der Waals surface area contributed by atoms with E-state index in [-0.39, 0.29) is 21.8 Å². The quantitative estimate of drug-likeness (QED) is 0.642. The summed E-state index contributed by atoms with van der Waals surface area (Å²) in [5.41, 5.74) is 2.34. The maximum absolute atomic E-state index is 13.1. The molecule has 0 spiro atoms. The summed E-state index contributed by atoms with van der Waals surface area (Å²) in [6.45, 7) is 3.70. The second kappa shape index (κ2) is 5.10. The molecule has 3 nitrogen and oxygen atoms in total. The number of anilines is 1. The highest BCUT2D eigenvalue weighted by Gasteiger charge is 2.33. The molecule has 108 valence electrons. The minimum Gasteiger partial charge on any atom is -0.308 e. The van der Waals surface area contributed by atoms with Crippen LogP contribution in [0.4, 0.5) is 19.0 Å². The van der Waals surface area contributed by atoms with Crippen LogP contribution in [0, 0.1) is 0 Å². The second-order valence-corrected chi connectivity index (χ2v) is 5.12. The first-order valence-corrected chi connectivity index (χ1v) is 6.30. The van der Waals surface area contributed by atoms with E-state index < -0.39 is 11.7 Å². The summed E-state index contributed by atoms with van der Waals surface area (Å²) >= 11 is 5.94. The number of halogens is 4. The summed E-state index contributed by atoms with van der Waals surface area (Å²) in [7, 11) is 0. The van der Waals surface area contributed by atoms with Crippen molar-refractivity contribution in [2.24, 2.45) is 5.84 Å². The Hall–Kier alpha value is -1.53. The summed E-state index contributed by atoms with van der Waals surface area (Å²) in [6.07, 6.45) is -4.46. The third-order valence-electron chi connectivity index (χ3n) is 3.03. The lowest BCUT2D eigenvalue weighted by Crippen LogP contribution is -2.13. The van der Waals surface area contributed by atoms with Crippen LogP contribution in [0.2, 0.25) is 5.02 Å². The number of fused-ring (bicyclic) bond motifs is 1. The van der Waals surface area contributed by atoms with Gasteiger partial charge in [0.2, 0.25) is 0 Å². The third-order valence-corrected chi connectivity index (χ3v) is 3.33. The van der Waals surface area contributed by atoms with Gasteiger partial charge in [-0.15, -0.1) is 0 Å². The third kappa shape index (κ3) is 2.53. The first-order chi connectivity index (χ1) is 9.25. The molecule has 0 bridgehead atoms. The molecular weight excluding hydrogens is 291 g/mol. The van der Waals surface area contributed by atoms with Crippen LogP contribution >= 0.6 is 11.6 Å². The number of hydrogen-bond acceptors (Lipinski definition) is 3. The molecule has 0 aliphatic carbocycles. The Labute approximate surface area is 118 Å². The van der Waals surface area contributed by atoms with E-state index in [4.69, 9.17) is 17.4 Å². The fourth-order valence-corrected chi connectivity index (χ4v) is 2.25. The zero-order chi connectivity index (χ0) is 15.1. The molecule has 0 radical (unpaired) electrons. The molecule has 1 aromatic carbocycles. The minimum absolute atomic E-state index is 0.0206. The highest BCUT2D eigenvalue weighted by Crippen LogP contribution is 2.39. The molecule has 0 unspecified atom stereocenters. The van der Waals surface area contributed by atoms with Crippen molar-refractivity contribution >= 4 is 28.3 Å². The number of pyridine rings is 1. The van der Waals surface area contributed by atoms with Gasteiger partial charge >= 0.3 is 6.18 Å². The molecule has 2 rings (SSSR count). The number of nitrogens with zero attached hydrogens (tertiary/aromatic N) is 1. The number of aromatic nitrogens is 1. The van der Waals surface area contributed by atoms with Crippen molar-refractivity contribution in [1.82, 2.24) is 4.98 Å². The van der Waals surface area contributed by atoms with Crippen LogP contribution in [0.25, 0.3) is 10.9 Å². The van der Waals surface area contributed by atoms with Gasteiger partial charge in [0.25, 0.3) is 0 Å². The van der Waals surface area contributed by atoms with Gasteiger partial charge in [0.1, 0.15) is 5.82 Å². The van der Waals surface area contributed by atoms with E-state index in [9.17, 15) is 13.2 Å². The zero-order valence-corrected chi connectivity index (χ0v) is 11.6. The van der Waals surface area contributed by atoms with Crippen LogP contribution in [-0.2, 0) is 6.18 Å². The predicted octanol–water partition coefficient (Wildman–Crippen LogP) is 4.32. The van der Waals surface area contributed by atoms with Gasteiger partial charge in [0.15, 0.2) is 0 Å². The number of nitrogens with two attached hydrogens (primary N) is 1. The number of hydrazine groups is 1. The smallest absolute Gasteiger partial charge is 0.308 e. The van der Waals surface area contributed by atoms with Crippen molar-refractivity contribution in [3.8, 4) is 0 Å². The number of hydrogen-bond donors (Lipinski definition) is 2. The highest BCUT2D eigenvalue weighted by molar-refractivity contribution is 6.35. The van der Waals surface area contributed by atoms with Gasteiger partial charge < -0.3 is 5.43 Å². The molecule has 20 heavy (non-hydrogen) atoms. The van der Waals surface area contributed by atoms with Gasteiger partial charge in [-0.25, -0.2) is 10.8 Å². The van der Waals surface area contributed by atoms with Gasteiger partial charge in [0, 0.05) is 5.39 Å². The molecule has 3 N–H and O–H groups in total. The maximum Gasteiger partial charge on any atom is 0.417 e. The van der Waals surface area contributed by atoms with E-state index in [1.54, 1.807) is 0 Å². The Morgan fingerprint density at radius 1 is 1.30 bits per heavy atom. The van der Waals surface area contributed by atoms with Gasteiger partial charge in [-0.05, 0) is 29.7 Å². The summed E-state index contributed by atoms with van der Waals surface area (Å²) in [4.78, 5) is 4.12. The van der Waals surface area contributed by atoms with E-state index in [1.807, 2.05) is 13.8 Å². The number of nitrogen functional groups attached to an aromatic ring is 1. The van der Waals surface area contributed by atoms with Gasteiger partial charge in [-0.1, -0.05) is 25.4 Å². The van der Waals surface area contributed by atoms with Crippen molar-refractivity contribution < 1.29 is 13.2 Å². The average Bonchev–Trinajstić information content (AvgIpc) is 2.36. The van der Waals surface area contributed by atoms with Crippen LogP contribution in [-0.4, -0.2) is 4.98 Å². The Kier molecular flexibility index (Phi) is 3.80. The van der Waals surface area contributed by atoms with Crippen molar-refractivity contribution in [2.75, 3.05) is 5.43 Å². The van der Waals surface area contributed by atoms with Crippen LogP contribution in [0.3, 0.4) is 0 Å². The molecule has 0 atom stereocenters. The molecule has 0 saturated carbocycles. The van der Waals surface area contributed by atoms with Crippen molar-refractivity contribution in [3.05, 3.63) is 34.3 Å². The molecule has 0 fully saturated rings. The lowest BCUT2D eigenvalue weighted by molar-refractivity contribution is -0.136. The molecule has 0 amide bonds. The Morgan fingerprint density at radius 3 is 2.45 bits per heavy atom. The summed E-state index contributed by atoms with van der Waals surface area (Å²) in [6, 6.07) is 3.60. The first kappa shape index (κ1) is 14.9. The predicted molar refractivity (Wildman–Crippen MR) is 73.7 cm³/mol. The summed E-state index contributed by atoms with van der Waals surface area (Å²) < 4.78 is 39.2. The Balaban J connectivity index is 2.87. The monoisotopic (exact) mass is 303 g/mol. The Morgan fingerprint density at radius 2 is 1.95 bits per heavy atom. The topological polar surface area (TPSA) is 50.9 Å². The van der Waals surface area contributed by atoms with Gasteiger partial charge in [-0.2, -0.15) is 13.2 Å². The standard InChI is InChI=1S/C13H13ClF3N3/c1-6(2)7-5-8-9(13(15,16)17)3-4-10(14)11(8)19-12(7)20-18/h3-6H,18H2,1-2H3,(H,19,20). The summed E-state index contributed by atoms with van der Waals surface area (Å²) in [5, 5.41) is 0.132. The van der Waals surface area contributed by atoms with Crippen LogP contribution in [0.15, 0.2) is 18.2 Å². The molecule has 0 saturated heterocycles. The Bertz CT molecular complexity index is 653. The molecule has 1 aromatic heterocycles. The molecule has 2 aromatic rings. The molecular formula is C13H13ClF3N3. The van der Waals surface area contributed by atoms with Crippen LogP contribution < -0.4 is 11.3 Å². The van der Waals surface area contributed by atoms with E-state index in [1.165, 1.54) is 12.1 Å². The fraction of sp³-hybridized carbons (Fsp3) is 0.308. The molecule has 7 heteroatoms. The lowest BCUT2D eigenvalue weighted by Gasteiger charge is -2.16. The largest absolute Gasteiger partial charge is 0.417 e. The normalized spacial score (nSPS) is 12.2. The molecule has 0 aliphatic rings. The summed E-state index contributed by atoms with van der Waals surface area (Å²) in [5.74, 6) is 5.67. The SMILES string of the molecule is CC(C)c1cc2c(C(F)(F)F)ccc(Cl)c2nc1NN. The van der Waals surface area contributed by atoms with Crippen molar-refractivity contribution in [3.63, 3.8) is 0 Å². The van der Waals surface area contributed by atoms with Crippen molar-refractivity contribution in [2.45, 2.75) is 25.9 Å². The van der Waals surface area contributed by atoms with Crippen LogP contribution in [0.1, 0.15) is 30.9 Å². The van der Waals surface area contributed by atoms with Gasteiger partial charge in [-0.3, -0.25) is 0 Å². The van der Waals surface area contributed by atoms with E-state index in [2.05, 4.69) is 10.4 Å². The molecule has 0 aliphatic heterocycles. The number of rotatable bonds is 2. The van der Waals surface area contributed by atoms with Crippen molar-refractivity contribution in [1.29, 1.82) is 0 Å². The van der Waals surface area contributed by atoms with E-state index >= 15 is 0 Å².